The number of thiophene rings is 1. The first kappa shape index (κ1) is 14.6. The minimum atomic E-state index is 0.942. The van der Waals surface area contributed by atoms with Crippen molar-refractivity contribution < 1.29 is 0 Å². The minimum absolute atomic E-state index is 0.942. The van der Waals surface area contributed by atoms with E-state index in [0.717, 1.165) is 28.5 Å². The maximum absolute atomic E-state index is 4.88. The summed E-state index contributed by atoms with van der Waals surface area (Å²) in [7, 11) is 0. The number of para-hydroxylation sites is 2. The van der Waals surface area contributed by atoms with Crippen molar-refractivity contribution in [3.05, 3.63) is 71.6 Å². The van der Waals surface area contributed by atoms with Crippen molar-refractivity contribution in [3.63, 3.8) is 0 Å². The summed E-state index contributed by atoms with van der Waals surface area (Å²) in [6.07, 6.45) is 1.06. The van der Waals surface area contributed by atoms with Crippen molar-refractivity contribution in [3.8, 4) is 11.1 Å². The molecule has 0 fully saturated rings. The van der Waals surface area contributed by atoms with Crippen molar-refractivity contribution in [2.45, 2.75) is 13.3 Å². The van der Waals surface area contributed by atoms with Gasteiger partial charge in [0.1, 0.15) is 0 Å². The molecule has 5 aromatic rings. The average Bonchev–Trinajstić information content (AvgIpc) is 3.16. The van der Waals surface area contributed by atoms with Crippen LogP contribution in [0.5, 0.6) is 0 Å². The first-order chi connectivity index (χ1) is 12.3. The third-order valence-corrected chi connectivity index (χ3v) is 5.66. The summed E-state index contributed by atoms with van der Waals surface area (Å²) in [6.45, 7) is 2.18. The van der Waals surface area contributed by atoms with Gasteiger partial charge in [-0.1, -0.05) is 43.3 Å². The summed E-state index contributed by atoms with van der Waals surface area (Å²) in [4.78, 5) is 9.75. The Bertz CT molecular complexity index is 1220. The van der Waals surface area contributed by atoms with E-state index in [2.05, 4.69) is 48.7 Å². The fourth-order valence-corrected chi connectivity index (χ4v) is 4.29. The van der Waals surface area contributed by atoms with Crippen molar-refractivity contribution >= 4 is 43.5 Å². The molecule has 0 aliphatic carbocycles. The van der Waals surface area contributed by atoms with Crippen molar-refractivity contribution in [1.29, 1.82) is 0 Å². The first-order valence-electron chi connectivity index (χ1n) is 8.49. The Labute approximate surface area is 149 Å². The van der Waals surface area contributed by atoms with E-state index in [1.807, 2.05) is 24.3 Å². The fourth-order valence-electron chi connectivity index (χ4n) is 3.35. The molecule has 0 amide bonds. The molecular weight excluding hydrogens is 324 g/mol. The molecule has 0 saturated heterocycles. The molecule has 0 aliphatic heterocycles. The molecule has 5 rings (SSSR count). The zero-order valence-corrected chi connectivity index (χ0v) is 14.7. The van der Waals surface area contributed by atoms with Crippen LogP contribution >= 0.6 is 11.3 Å². The number of fused-ring (bicyclic) bond motifs is 4. The molecule has 2 nitrogen and oxygen atoms in total. The zero-order valence-electron chi connectivity index (χ0n) is 13.9. The SMILES string of the molecule is CCc1ccc(-c2cc3nc4ccccc4nc3c3ccsc23)cc1. The minimum Gasteiger partial charge on any atom is -0.244 e. The summed E-state index contributed by atoms with van der Waals surface area (Å²) in [5, 5.41) is 3.33. The fraction of sp³-hybridized carbons (Fsp3) is 0.0909. The molecular formula is C22H16N2S. The van der Waals surface area contributed by atoms with E-state index in [-0.39, 0.29) is 0 Å². The molecule has 2 aromatic heterocycles. The molecule has 120 valence electrons. The lowest BCUT2D eigenvalue weighted by atomic mass is 10.0. The van der Waals surface area contributed by atoms with Crippen LogP contribution in [0.25, 0.3) is 43.3 Å². The molecule has 0 spiro atoms. The Morgan fingerprint density at radius 3 is 2.36 bits per heavy atom. The summed E-state index contributed by atoms with van der Waals surface area (Å²) in [5.41, 5.74) is 7.67. The average molecular weight is 340 g/mol. The number of rotatable bonds is 2. The van der Waals surface area contributed by atoms with Gasteiger partial charge in [-0.05, 0) is 47.2 Å². The van der Waals surface area contributed by atoms with Crippen LogP contribution in [-0.4, -0.2) is 9.97 Å². The number of aromatic nitrogens is 2. The lowest BCUT2D eigenvalue weighted by Crippen LogP contribution is -1.89. The molecule has 0 N–H and O–H groups in total. The van der Waals surface area contributed by atoms with Crippen LogP contribution in [0.1, 0.15) is 12.5 Å². The molecule has 0 aliphatic rings. The second-order valence-corrected chi connectivity index (χ2v) is 7.13. The van der Waals surface area contributed by atoms with Gasteiger partial charge in [0, 0.05) is 15.6 Å². The van der Waals surface area contributed by atoms with E-state index in [0.29, 0.717) is 0 Å². The van der Waals surface area contributed by atoms with Gasteiger partial charge in [0.05, 0.1) is 22.1 Å². The standard InChI is InChI=1S/C22H16N2S/c1-2-14-7-9-15(10-8-14)17-13-20-21(16-11-12-25-22(16)17)24-19-6-4-3-5-18(19)23-20/h3-13H,2H2,1H3. The molecule has 0 saturated carbocycles. The smallest absolute Gasteiger partial charge is 0.0981 e. The lowest BCUT2D eigenvalue weighted by molar-refractivity contribution is 1.14. The Morgan fingerprint density at radius 2 is 1.60 bits per heavy atom. The van der Waals surface area contributed by atoms with Gasteiger partial charge < -0.3 is 0 Å². The molecule has 0 radical (unpaired) electrons. The molecule has 2 heterocycles. The third-order valence-electron chi connectivity index (χ3n) is 4.72. The molecule has 0 unspecified atom stereocenters. The van der Waals surface area contributed by atoms with Crippen LogP contribution in [0.2, 0.25) is 0 Å². The van der Waals surface area contributed by atoms with Gasteiger partial charge in [0.15, 0.2) is 0 Å². The van der Waals surface area contributed by atoms with Crippen molar-refractivity contribution in [2.75, 3.05) is 0 Å². The Kier molecular flexibility index (Phi) is 3.28. The van der Waals surface area contributed by atoms with Gasteiger partial charge in [0.2, 0.25) is 0 Å². The monoisotopic (exact) mass is 340 g/mol. The van der Waals surface area contributed by atoms with E-state index >= 15 is 0 Å². The van der Waals surface area contributed by atoms with Gasteiger partial charge in [-0.25, -0.2) is 9.97 Å². The maximum atomic E-state index is 4.88. The van der Waals surface area contributed by atoms with Gasteiger partial charge in [-0.2, -0.15) is 0 Å². The summed E-state index contributed by atoms with van der Waals surface area (Å²) in [6, 6.07) is 21.3. The topological polar surface area (TPSA) is 25.8 Å². The highest BCUT2D eigenvalue weighted by Crippen LogP contribution is 2.37. The predicted octanol–water partition coefficient (Wildman–Crippen LogP) is 6.23. The normalized spacial score (nSPS) is 11.6. The number of nitrogens with zero attached hydrogens (tertiary/aromatic N) is 2. The first-order valence-corrected chi connectivity index (χ1v) is 9.37. The van der Waals surface area contributed by atoms with E-state index < -0.39 is 0 Å². The van der Waals surface area contributed by atoms with Crippen LogP contribution in [0.4, 0.5) is 0 Å². The number of hydrogen-bond acceptors (Lipinski definition) is 3. The Hall–Kier alpha value is -2.78. The number of benzene rings is 3. The van der Waals surface area contributed by atoms with E-state index in [4.69, 9.17) is 9.97 Å². The van der Waals surface area contributed by atoms with Crippen molar-refractivity contribution in [2.24, 2.45) is 0 Å². The number of aryl methyl sites for hydroxylation is 1. The summed E-state index contributed by atoms with van der Waals surface area (Å²) in [5.74, 6) is 0. The maximum Gasteiger partial charge on any atom is 0.0981 e. The van der Waals surface area contributed by atoms with Gasteiger partial charge in [-0.15, -0.1) is 11.3 Å². The predicted molar refractivity (Wildman–Crippen MR) is 107 cm³/mol. The van der Waals surface area contributed by atoms with E-state index in [1.165, 1.54) is 26.8 Å². The van der Waals surface area contributed by atoms with Crippen LogP contribution in [0.3, 0.4) is 0 Å². The van der Waals surface area contributed by atoms with E-state index in [9.17, 15) is 0 Å². The van der Waals surface area contributed by atoms with Gasteiger partial charge >= 0.3 is 0 Å². The Balaban J connectivity index is 1.85. The highest BCUT2D eigenvalue weighted by Gasteiger charge is 2.12. The molecule has 3 heteroatoms. The van der Waals surface area contributed by atoms with Gasteiger partial charge in [-0.3, -0.25) is 0 Å². The molecule has 3 aromatic carbocycles. The van der Waals surface area contributed by atoms with E-state index in [1.54, 1.807) is 11.3 Å². The Morgan fingerprint density at radius 1 is 0.840 bits per heavy atom. The quantitative estimate of drug-likeness (QED) is 0.356. The van der Waals surface area contributed by atoms with Crippen LogP contribution in [0.15, 0.2) is 66.0 Å². The van der Waals surface area contributed by atoms with Gasteiger partial charge in [0.25, 0.3) is 0 Å². The molecule has 25 heavy (non-hydrogen) atoms. The molecule has 0 bridgehead atoms. The van der Waals surface area contributed by atoms with Crippen LogP contribution in [-0.2, 0) is 6.42 Å². The highest BCUT2D eigenvalue weighted by molar-refractivity contribution is 7.18. The zero-order chi connectivity index (χ0) is 16.8. The number of hydrogen-bond donors (Lipinski definition) is 0. The van der Waals surface area contributed by atoms with Crippen LogP contribution in [0, 0.1) is 0 Å². The van der Waals surface area contributed by atoms with Crippen molar-refractivity contribution in [1.82, 2.24) is 9.97 Å². The third kappa shape index (κ3) is 2.31. The summed E-state index contributed by atoms with van der Waals surface area (Å²) < 4.78 is 1.28. The lowest BCUT2D eigenvalue weighted by Gasteiger charge is -2.08. The molecule has 0 atom stereocenters. The largest absolute Gasteiger partial charge is 0.244 e. The second-order valence-electron chi connectivity index (χ2n) is 6.22. The van der Waals surface area contributed by atoms with Crippen LogP contribution < -0.4 is 0 Å². The summed E-state index contributed by atoms with van der Waals surface area (Å²) >= 11 is 1.77. The second kappa shape index (κ2) is 5.64. The highest BCUT2D eigenvalue weighted by atomic mass is 32.1.